The Morgan fingerprint density at radius 1 is 0.719 bits per heavy atom. The van der Waals surface area contributed by atoms with Crippen LogP contribution in [0.3, 0.4) is 0 Å². The van der Waals surface area contributed by atoms with Gasteiger partial charge < -0.3 is 0 Å². The minimum absolute atomic E-state index is 0.200. The molecule has 2 atom stereocenters. The lowest BCUT2D eigenvalue weighted by molar-refractivity contribution is -2.00. The summed E-state index contributed by atoms with van der Waals surface area (Å²) in [6, 6.07) is 33.2. The van der Waals surface area contributed by atoms with Crippen LogP contribution in [0.15, 0.2) is 91.0 Å². The summed E-state index contributed by atoms with van der Waals surface area (Å²) in [4.78, 5) is 2.60. The molecule has 168 valence electrons. The lowest BCUT2D eigenvalue weighted by Crippen LogP contribution is -2.68. The van der Waals surface area contributed by atoms with Crippen LogP contribution in [0.4, 0.5) is 0 Å². The molecule has 0 radical (unpaired) electrons. The van der Waals surface area contributed by atoms with Gasteiger partial charge in [0, 0.05) is 11.1 Å². The van der Waals surface area contributed by atoms with Crippen molar-refractivity contribution >= 4 is 5.84 Å². The first-order chi connectivity index (χ1) is 15.2. The second kappa shape index (κ2) is 10.3. The number of rotatable bonds is 4. The van der Waals surface area contributed by atoms with Crippen molar-refractivity contribution in [2.45, 2.75) is 19.0 Å². The zero-order chi connectivity index (χ0) is 23.3. The SMILES string of the molecule is C[C@@H]1C(=[N+](C)C)N(C(c2ccccc2)c2ccccc2)[C@@H]1c1ccccc1.[O-][Cl+3]([O-])([O-])[O-]. The first-order valence-corrected chi connectivity index (χ1v) is 11.5. The average Bonchev–Trinajstić information content (AvgIpc) is 2.74. The van der Waals surface area contributed by atoms with Crippen LogP contribution < -0.4 is 18.6 Å². The van der Waals surface area contributed by atoms with Gasteiger partial charge in [-0.25, -0.2) is 23.5 Å². The quantitative estimate of drug-likeness (QED) is 0.531. The average molecular weight is 455 g/mol. The number of hydrogen-bond donors (Lipinski definition) is 0. The molecule has 1 aliphatic rings. The van der Waals surface area contributed by atoms with Crippen LogP contribution in [-0.2, 0) is 0 Å². The van der Waals surface area contributed by atoms with Crippen molar-refractivity contribution in [1.82, 2.24) is 4.90 Å². The molecule has 3 aromatic carbocycles. The smallest absolute Gasteiger partial charge is 0.255 e. The first kappa shape index (κ1) is 23.9. The number of amidine groups is 1. The first-order valence-electron chi connectivity index (χ1n) is 10.3. The molecule has 1 heterocycles. The third-order valence-electron chi connectivity index (χ3n) is 5.55. The van der Waals surface area contributed by atoms with Crippen molar-refractivity contribution in [3.8, 4) is 0 Å². The van der Waals surface area contributed by atoms with Gasteiger partial charge in [-0.2, -0.15) is 0 Å². The molecule has 0 N–H and O–H groups in total. The highest BCUT2D eigenvalue weighted by molar-refractivity contribution is 5.88. The maximum atomic E-state index is 8.49. The Morgan fingerprint density at radius 2 is 1.09 bits per heavy atom. The second-order valence-electron chi connectivity index (χ2n) is 7.91. The van der Waals surface area contributed by atoms with E-state index < -0.39 is 10.2 Å². The molecule has 0 aromatic heterocycles. The highest BCUT2D eigenvalue weighted by Gasteiger charge is 2.54. The molecule has 0 saturated carbocycles. The van der Waals surface area contributed by atoms with Crippen molar-refractivity contribution < 1.29 is 33.5 Å². The molecular formula is C25H27ClN2O4. The molecule has 4 rings (SSSR count). The Balaban J connectivity index is 0.000000523. The van der Waals surface area contributed by atoms with Gasteiger partial charge in [-0.1, -0.05) is 91.0 Å². The summed E-state index contributed by atoms with van der Waals surface area (Å²) >= 11 is 0. The molecule has 0 unspecified atom stereocenters. The predicted octanol–water partition coefficient (Wildman–Crippen LogP) is 0.384. The summed E-state index contributed by atoms with van der Waals surface area (Å²) in [6.07, 6.45) is 0. The molecule has 0 amide bonds. The normalized spacial score (nSPS) is 18.0. The number of hydrogen-bond acceptors (Lipinski definition) is 4. The Morgan fingerprint density at radius 3 is 1.47 bits per heavy atom. The number of benzene rings is 3. The summed E-state index contributed by atoms with van der Waals surface area (Å²) in [5, 5.41) is 0. The maximum absolute atomic E-state index is 8.49. The van der Waals surface area contributed by atoms with Crippen LogP contribution in [-0.4, -0.2) is 29.4 Å². The van der Waals surface area contributed by atoms with Crippen molar-refractivity contribution in [3.05, 3.63) is 108 Å². The predicted molar refractivity (Wildman–Crippen MR) is 112 cm³/mol. The molecule has 1 aliphatic heterocycles. The molecule has 0 spiro atoms. The van der Waals surface area contributed by atoms with E-state index in [1.807, 2.05) is 0 Å². The van der Waals surface area contributed by atoms with E-state index >= 15 is 0 Å². The Bertz CT molecular complexity index is 975. The summed E-state index contributed by atoms with van der Waals surface area (Å²) in [7, 11) is -0.625. The molecule has 32 heavy (non-hydrogen) atoms. The van der Waals surface area contributed by atoms with Crippen LogP contribution in [0.25, 0.3) is 0 Å². The Kier molecular flexibility index (Phi) is 7.66. The number of halogens is 1. The zero-order valence-electron chi connectivity index (χ0n) is 18.3. The van der Waals surface area contributed by atoms with E-state index in [2.05, 4.69) is 121 Å². The van der Waals surface area contributed by atoms with Gasteiger partial charge in [-0.05, 0) is 12.5 Å². The highest BCUT2D eigenvalue weighted by atomic mass is 35.7. The molecule has 3 aromatic rings. The van der Waals surface area contributed by atoms with Crippen molar-refractivity contribution in [3.63, 3.8) is 0 Å². The summed E-state index contributed by atoms with van der Waals surface area (Å²) in [5.41, 5.74) is 4.04. The van der Waals surface area contributed by atoms with Crippen LogP contribution in [0.2, 0.25) is 0 Å². The Hall–Kier alpha value is -2.74. The molecule has 0 bridgehead atoms. The molecule has 6 nitrogen and oxygen atoms in total. The maximum Gasteiger partial charge on any atom is 0.255 e. The van der Waals surface area contributed by atoms with Gasteiger partial charge in [-0.3, -0.25) is 4.58 Å². The van der Waals surface area contributed by atoms with E-state index in [9.17, 15) is 0 Å². The zero-order valence-corrected chi connectivity index (χ0v) is 19.1. The van der Waals surface area contributed by atoms with Gasteiger partial charge in [-0.15, -0.1) is 10.2 Å². The third kappa shape index (κ3) is 5.73. The van der Waals surface area contributed by atoms with Crippen LogP contribution >= 0.6 is 0 Å². The van der Waals surface area contributed by atoms with E-state index in [1.54, 1.807) is 0 Å². The van der Waals surface area contributed by atoms with E-state index in [0.29, 0.717) is 12.0 Å². The standard InChI is InChI=1S/C25H27N2.ClHO4/c1-19-23(20-13-7-4-8-14-20)27(25(19)26(2)3)24(21-15-9-5-10-16-21)22-17-11-6-12-18-22;2-1(3,4)5/h4-19,23-24H,1-3H3;(H,2,3,4,5)/q+1;/p-1/t19-,23-;/m0./s1. The fraction of sp³-hybridized carbons (Fsp3) is 0.240. The van der Waals surface area contributed by atoms with Crippen LogP contribution in [0.5, 0.6) is 0 Å². The van der Waals surface area contributed by atoms with E-state index in [1.165, 1.54) is 22.5 Å². The van der Waals surface area contributed by atoms with Gasteiger partial charge in [0.15, 0.2) is 0 Å². The highest BCUT2D eigenvalue weighted by Crippen LogP contribution is 2.47. The van der Waals surface area contributed by atoms with Gasteiger partial charge in [0.2, 0.25) is 0 Å². The van der Waals surface area contributed by atoms with Gasteiger partial charge >= 0.3 is 0 Å². The van der Waals surface area contributed by atoms with E-state index in [-0.39, 0.29) is 6.04 Å². The van der Waals surface area contributed by atoms with E-state index in [4.69, 9.17) is 18.6 Å². The summed E-state index contributed by atoms with van der Waals surface area (Å²) < 4.78 is 36.3. The van der Waals surface area contributed by atoms with Gasteiger partial charge in [0.25, 0.3) is 5.84 Å². The minimum atomic E-state index is -4.94. The number of likely N-dealkylation sites (tertiary alicyclic amines) is 1. The summed E-state index contributed by atoms with van der Waals surface area (Å²) in [6.45, 7) is 2.34. The summed E-state index contributed by atoms with van der Waals surface area (Å²) in [5.74, 6) is 1.87. The lowest BCUT2D eigenvalue weighted by atomic mass is 9.79. The lowest BCUT2D eigenvalue weighted by Gasteiger charge is -2.47. The van der Waals surface area contributed by atoms with E-state index in [0.717, 1.165) is 0 Å². The molecule has 7 heteroatoms. The molecule has 0 aliphatic carbocycles. The van der Waals surface area contributed by atoms with Crippen LogP contribution in [0, 0.1) is 16.2 Å². The fourth-order valence-corrected chi connectivity index (χ4v) is 4.49. The largest absolute Gasteiger partial charge is 0.271 e. The van der Waals surface area contributed by atoms with Gasteiger partial charge in [0.1, 0.15) is 18.0 Å². The fourth-order valence-electron chi connectivity index (χ4n) is 4.49. The molecule has 1 fully saturated rings. The van der Waals surface area contributed by atoms with Crippen molar-refractivity contribution in [2.24, 2.45) is 5.92 Å². The van der Waals surface area contributed by atoms with Crippen molar-refractivity contribution in [2.75, 3.05) is 14.1 Å². The van der Waals surface area contributed by atoms with Gasteiger partial charge in [0.05, 0.1) is 14.1 Å². The minimum Gasteiger partial charge on any atom is -0.271 e. The molecule has 1 saturated heterocycles. The monoisotopic (exact) mass is 454 g/mol. The van der Waals surface area contributed by atoms with Crippen molar-refractivity contribution in [1.29, 1.82) is 0 Å². The second-order valence-corrected chi connectivity index (χ2v) is 8.66. The Labute approximate surface area is 191 Å². The van der Waals surface area contributed by atoms with Crippen LogP contribution in [0.1, 0.15) is 35.7 Å². The molecular weight excluding hydrogens is 428 g/mol. The topological polar surface area (TPSA) is 98.5 Å². The number of nitrogens with zero attached hydrogens (tertiary/aromatic N) is 2. The third-order valence-corrected chi connectivity index (χ3v) is 5.55.